The summed E-state index contributed by atoms with van der Waals surface area (Å²) in [6.45, 7) is -0.242. The lowest BCUT2D eigenvalue weighted by atomic mass is 10.2. The lowest BCUT2D eigenvalue weighted by molar-refractivity contribution is 0.282. The molecule has 1 aromatic carbocycles. The molecule has 7 heteroatoms. The summed E-state index contributed by atoms with van der Waals surface area (Å²) < 4.78 is 39.2. The van der Waals surface area contributed by atoms with E-state index in [-0.39, 0.29) is 23.9 Å². The van der Waals surface area contributed by atoms with Crippen molar-refractivity contribution in [3.05, 3.63) is 52.0 Å². The van der Waals surface area contributed by atoms with Gasteiger partial charge in [0.25, 0.3) is 0 Å². The zero-order valence-electron chi connectivity index (χ0n) is 9.84. The number of aliphatic hydroxyl groups excluding tert-OH is 1. The molecule has 0 radical (unpaired) electrons. The molecule has 2 N–H and O–H groups in total. The molecular formula is C12H12FNO3S2. The number of rotatable bonds is 5. The fraction of sp³-hybridized carbons (Fsp3) is 0.167. The maximum Gasteiger partial charge on any atom is 0.242 e. The van der Waals surface area contributed by atoms with Crippen molar-refractivity contribution in [2.75, 3.05) is 0 Å². The van der Waals surface area contributed by atoms with E-state index in [1.807, 2.05) is 0 Å². The number of halogens is 1. The van der Waals surface area contributed by atoms with Gasteiger partial charge in [-0.15, -0.1) is 11.3 Å². The van der Waals surface area contributed by atoms with E-state index in [9.17, 15) is 12.8 Å². The molecule has 4 nitrogen and oxygen atoms in total. The predicted octanol–water partition coefficient (Wildman–Crippen LogP) is 1.86. The first-order valence-corrected chi connectivity index (χ1v) is 7.80. The van der Waals surface area contributed by atoms with Gasteiger partial charge in [0.15, 0.2) is 0 Å². The molecule has 102 valence electrons. The van der Waals surface area contributed by atoms with Crippen LogP contribution in [0.5, 0.6) is 0 Å². The van der Waals surface area contributed by atoms with Crippen molar-refractivity contribution in [3.8, 4) is 0 Å². The second kappa shape index (κ2) is 5.79. The molecule has 0 unspecified atom stereocenters. The number of sulfonamides is 1. The molecule has 0 saturated heterocycles. The molecule has 0 saturated carbocycles. The van der Waals surface area contributed by atoms with Crippen LogP contribution in [0.2, 0.25) is 0 Å². The summed E-state index contributed by atoms with van der Waals surface area (Å²) in [5, 5.41) is 10.7. The van der Waals surface area contributed by atoms with Crippen LogP contribution in [-0.4, -0.2) is 13.5 Å². The minimum absolute atomic E-state index is 0.0727. The molecule has 1 heterocycles. The normalized spacial score (nSPS) is 11.7. The van der Waals surface area contributed by atoms with Crippen LogP contribution >= 0.6 is 11.3 Å². The molecule has 0 atom stereocenters. The molecule has 0 aliphatic carbocycles. The van der Waals surface area contributed by atoms with Crippen molar-refractivity contribution in [1.29, 1.82) is 0 Å². The summed E-state index contributed by atoms with van der Waals surface area (Å²) in [4.78, 5) is 0.480. The Bertz CT molecular complexity index is 650. The summed E-state index contributed by atoms with van der Waals surface area (Å²) in [7, 11) is -3.66. The molecule has 0 fully saturated rings. The molecule has 2 rings (SSSR count). The Labute approximate surface area is 114 Å². The fourth-order valence-electron chi connectivity index (χ4n) is 1.54. The topological polar surface area (TPSA) is 66.4 Å². The summed E-state index contributed by atoms with van der Waals surface area (Å²) in [6.07, 6.45) is 0. The molecule has 0 amide bonds. The number of nitrogens with one attached hydrogen (secondary N) is 1. The Morgan fingerprint density at radius 1 is 1.21 bits per heavy atom. The average molecular weight is 301 g/mol. The highest BCUT2D eigenvalue weighted by atomic mass is 32.2. The zero-order valence-corrected chi connectivity index (χ0v) is 11.5. The summed E-state index contributed by atoms with van der Waals surface area (Å²) in [5.41, 5.74) is 0.658. The highest BCUT2D eigenvalue weighted by molar-refractivity contribution is 7.89. The Kier molecular flexibility index (Phi) is 4.31. The van der Waals surface area contributed by atoms with Crippen LogP contribution in [0.15, 0.2) is 40.6 Å². The van der Waals surface area contributed by atoms with Gasteiger partial charge < -0.3 is 5.11 Å². The maximum absolute atomic E-state index is 12.7. The van der Waals surface area contributed by atoms with Gasteiger partial charge in [-0.2, -0.15) is 0 Å². The van der Waals surface area contributed by atoms with E-state index >= 15 is 0 Å². The highest BCUT2D eigenvalue weighted by Crippen LogP contribution is 2.21. The summed E-state index contributed by atoms with van der Waals surface area (Å²) >= 11 is 1.18. The van der Waals surface area contributed by atoms with Crippen molar-refractivity contribution in [2.24, 2.45) is 0 Å². The van der Waals surface area contributed by atoms with E-state index in [0.29, 0.717) is 10.4 Å². The number of hydrogen-bond acceptors (Lipinski definition) is 4. The molecular weight excluding hydrogens is 289 g/mol. The SMILES string of the molecule is O=S(=O)(NCc1ccc(F)cc1)c1ccsc1CO. The lowest BCUT2D eigenvalue weighted by Crippen LogP contribution is -2.23. The maximum atomic E-state index is 12.7. The van der Waals surface area contributed by atoms with Crippen LogP contribution in [0.1, 0.15) is 10.4 Å². The van der Waals surface area contributed by atoms with Crippen molar-refractivity contribution in [2.45, 2.75) is 18.0 Å². The van der Waals surface area contributed by atoms with Crippen LogP contribution in [-0.2, 0) is 23.2 Å². The number of hydrogen-bond donors (Lipinski definition) is 2. The highest BCUT2D eigenvalue weighted by Gasteiger charge is 2.18. The van der Waals surface area contributed by atoms with Crippen LogP contribution in [0.3, 0.4) is 0 Å². The quantitative estimate of drug-likeness (QED) is 0.886. The molecule has 1 aromatic heterocycles. The van der Waals surface area contributed by atoms with Gasteiger partial charge in [-0.1, -0.05) is 12.1 Å². The average Bonchev–Trinajstić information content (AvgIpc) is 2.87. The number of aliphatic hydroxyl groups is 1. The second-order valence-electron chi connectivity index (χ2n) is 3.82. The Hall–Kier alpha value is -1.28. The molecule has 0 spiro atoms. The van der Waals surface area contributed by atoms with Gasteiger partial charge in [0.2, 0.25) is 10.0 Å². The smallest absolute Gasteiger partial charge is 0.242 e. The molecule has 0 aliphatic rings. The van der Waals surface area contributed by atoms with Crippen molar-refractivity contribution in [1.82, 2.24) is 4.72 Å². The number of thiophene rings is 1. The molecule has 19 heavy (non-hydrogen) atoms. The van der Waals surface area contributed by atoms with Gasteiger partial charge in [0.1, 0.15) is 5.82 Å². The van der Waals surface area contributed by atoms with Crippen molar-refractivity contribution >= 4 is 21.4 Å². The third-order valence-electron chi connectivity index (χ3n) is 2.52. The first-order valence-electron chi connectivity index (χ1n) is 5.44. The predicted molar refractivity (Wildman–Crippen MR) is 70.7 cm³/mol. The van der Waals surface area contributed by atoms with Gasteiger partial charge in [0.05, 0.1) is 11.5 Å². The van der Waals surface area contributed by atoms with Crippen LogP contribution in [0, 0.1) is 5.82 Å². The molecule has 2 aromatic rings. The first-order chi connectivity index (χ1) is 9.03. The minimum atomic E-state index is -3.66. The van der Waals surface area contributed by atoms with E-state index in [0.717, 1.165) is 0 Å². The molecule has 0 bridgehead atoms. The van der Waals surface area contributed by atoms with Gasteiger partial charge in [0, 0.05) is 11.4 Å². The van der Waals surface area contributed by atoms with E-state index in [4.69, 9.17) is 5.11 Å². The third-order valence-corrected chi connectivity index (χ3v) is 5.04. The summed E-state index contributed by atoms with van der Waals surface area (Å²) in [5.74, 6) is -0.369. The van der Waals surface area contributed by atoms with E-state index in [1.165, 1.54) is 41.7 Å². The molecule has 0 aliphatic heterocycles. The Morgan fingerprint density at radius 2 is 1.89 bits per heavy atom. The van der Waals surface area contributed by atoms with Crippen LogP contribution in [0.4, 0.5) is 4.39 Å². The Balaban J connectivity index is 2.12. The van der Waals surface area contributed by atoms with Crippen molar-refractivity contribution < 1.29 is 17.9 Å². The van der Waals surface area contributed by atoms with E-state index in [2.05, 4.69) is 4.72 Å². The van der Waals surface area contributed by atoms with Gasteiger partial charge in [-0.05, 0) is 29.1 Å². The first kappa shape index (κ1) is 14.1. The lowest BCUT2D eigenvalue weighted by Gasteiger charge is -2.07. The van der Waals surface area contributed by atoms with Crippen molar-refractivity contribution in [3.63, 3.8) is 0 Å². The zero-order chi connectivity index (χ0) is 13.9. The third kappa shape index (κ3) is 3.38. The Morgan fingerprint density at radius 3 is 2.53 bits per heavy atom. The minimum Gasteiger partial charge on any atom is -0.391 e. The second-order valence-corrected chi connectivity index (χ2v) is 6.55. The summed E-state index contributed by atoms with van der Waals surface area (Å²) in [6, 6.07) is 7.01. The largest absolute Gasteiger partial charge is 0.391 e. The van der Waals surface area contributed by atoms with Crippen LogP contribution in [0.25, 0.3) is 0 Å². The van der Waals surface area contributed by atoms with E-state index in [1.54, 1.807) is 5.38 Å². The number of benzene rings is 1. The van der Waals surface area contributed by atoms with Crippen LogP contribution < -0.4 is 4.72 Å². The van der Waals surface area contributed by atoms with E-state index < -0.39 is 10.0 Å². The fourth-order valence-corrected chi connectivity index (χ4v) is 3.85. The van der Waals surface area contributed by atoms with Gasteiger partial charge in [-0.3, -0.25) is 0 Å². The van der Waals surface area contributed by atoms with Gasteiger partial charge >= 0.3 is 0 Å². The standard InChI is InChI=1S/C12H12FNO3S2/c13-10-3-1-9(2-4-10)7-14-19(16,17)12-5-6-18-11(12)8-15/h1-6,14-15H,7-8H2. The monoisotopic (exact) mass is 301 g/mol. The van der Waals surface area contributed by atoms with Gasteiger partial charge in [-0.25, -0.2) is 17.5 Å².